The quantitative estimate of drug-likeness (QED) is 0.810. The van der Waals surface area contributed by atoms with Crippen molar-refractivity contribution in [2.24, 2.45) is 0 Å². The van der Waals surface area contributed by atoms with Crippen molar-refractivity contribution in [1.82, 2.24) is 0 Å². The predicted octanol–water partition coefficient (Wildman–Crippen LogP) is 3.02. The zero-order chi connectivity index (χ0) is 17.6. The maximum Gasteiger partial charge on any atom is 0.412 e. The van der Waals surface area contributed by atoms with Crippen molar-refractivity contribution >= 4 is 23.4 Å². The standard InChI is InChI=1S/C16H24N2O5/c1-10(14(19)22-6)17-11-7-8-12(13(9-11)21-5)18-15(20)23-16(2,3)4/h7-10,17H,1-6H3,(H,18,20). The molecular formula is C16H24N2O5. The van der Waals surface area contributed by atoms with Crippen molar-refractivity contribution in [2.75, 3.05) is 24.9 Å². The second kappa shape index (κ2) is 7.71. The Balaban J connectivity index is 2.84. The lowest BCUT2D eigenvalue weighted by atomic mass is 10.2. The molecule has 0 radical (unpaired) electrons. The van der Waals surface area contributed by atoms with E-state index in [4.69, 9.17) is 9.47 Å². The SMILES string of the molecule is COC(=O)C(C)Nc1ccc(NC(=O)OC(C)(C)C)c(OC)c1. The second-order valence-corrected chi connectivity index (χ2v) is 5.93. The smallest absolute Gasteiger partial charge is 0.412 e. The lowest BCUT2D eigenvalue weighted by Gasteiger charge is -2.20. The molecule has 0 aromatic heterocycles. The van der Waals surface area contributed by atoms with Crippen LogP contribution in [0.3, 0.4) is 0 Å². The van der Waals surface area contributed by atoms with Gasteiger partial charge in [-0.2, -0.15) is 0 Å². The predicted molar refractivity (Wildman–Crippen MR) is 88.0 cm³/mol. The minimum absolute atomic E-state index is 0.375. The highest BCUT2D eigenvalue weighted by Crippen LogP contribution is 2.28. The summed E-state index contributed by atoms with van der Waals surface area (Å²) in [5.74, 6) is 0.0675. The molecule has 0 aliphatic heterocycles. The first-order valence-corrected chi connectivity index (χ1v) is 7.18. The van der Waals surface area contributed by atoms with Gasteiger partial charge in [-0.3, -0.25) is 5.32 Å². The normalized spacial score (nSPS) is 12.1. The van der Waals surface area contributed by atoms with Crippen LogP contribution in [0.1, 0.15) is 27.7 Å². The van der Waals surface area contributed by atoms with Crippen LogP contribution in [-0.4, -0.2) is 37.9 Å². The van der Waals surface area contributed by atoms with Crippen molar-refractivity contribution in [3.05, 3.63) is 18.2 Å². The molecule has 23 heavy (non-hydrogen) atoms. The summed E-state index contributed by atoms with van der Waals surface area (Å²) < 4.78 is 15.1. The molecule has 1 aromatic carbocycles. The molecular weight excluding hydrogens is 300 g/mol. The van der Waals surface area contributed by atoms with Crippen LogP contribution >= 0.6 is 0 Å². The summed E-state index contributed by atoms with van der Waals surface area (Å²) in [5, 5.41) is 5.61. The number of amides is 1. The number of methoxy groups -OCH3 is 2. The van der Waals surface area contributed by atoms with Crippen LogP contribution in [0.25, 0.3) is 0 Å². The number of hydrogen-bond acceptors (Lipinski definition) is 6. The van der Waals surface area contributed by atoms with E-state index >= 15 is 0 Å². The zero-order valence-corrected chi connectivity index (χ0v) is 14.4. The number of carbonyl (C=O) groups is 2. The molecule has 2 N–H and O–H groups in total. The molecule has 0 fully saturated rings. The molecule has 1 atom stereocenters. The number of esters is 1. The lowest BCUT2D eigenvalue weighted by molar-refractivity contribution is -0.141. The fourth-order valence-electron chi connectivity index (χ4n) is 1.78. The first kappa shape index (κ1) is 18.6. The van der Waals surface area contributed by atoms with Gasteiger partial charge in [0.05, 0.1) is 19.9 Å². The number of carbonyl (C=O) groups excluding carboxylic acids is 2. The topological polar surface area (TPSA) is 85.9 Å². The highest BCUT2D eigenvalue weighted by molar-refractivity contribution is 5.88. The van der Waals surface area contributed by atoms with E-state index in [1.807, 2.05) is 0 Å². The van der Waals surface area contributed by atoms with Gasteiger partial charge in [0.15, 0.2) is 0 Å². The van der Waals surface area contributed by atoms with Gasteiger partial charge in [0.25, 0.3) is 0 Å². The van der Waals surface area contributed by atoms with Crippen LogP contribution in [-0.2, 0) is 14.3 Å². The summed E-state index contributed by atoms with van der Waals surface area (Å²) in [7, 11) is 2.82. The molecule has 0 bridgehead atoms. The second-order valence-electron chi connectivity index (χ2n) is 5.93. The molecule has 1 aromatic rings. The van der Waals surface area contributed by atoms with Crippen molar-refractivity contribution in [3.63, 3.8) is 0 Å². The molecule has 0 heterocycles. The maximum absolute atomic E-state index is 11.8. The summed E-state index contributed by atoms with van der Waals surface area (Å²) in [6, 6.07) is 4.55. The Morgan fingerprint density at radius 1 is 1.17 bits per heavy atom. The Bertz CT molecular complexity index is 566. The Morgan fingerprint density at radius 3 is 2.35 bits per heavy atom. The van der Waals surface area contributed by atoms with Crippen molar-refractivity contribution in [3.8, 4) is 5.75 Å². The van der Waals surface area contributed by atoms with E-state index in [0.717, 1.165) is 0 Å². The molecule has 1 amide bonds. The number of hydrogen-bond donors (Lipinski definition) is 2. The third-order valence-electron chi connectivity index (χ3n) is 2.78. The molecule has 1 unspecified atom stereocenters. The van der Waals surface area contributed by atoms with Crippen molar-refractivity contribution in [1.29, 1.82) is 0 Å². The molecule has 1 rings (SSSR count). The number of rotatable bonds is 5. The number of ether oxygens (including phenoxy) is 3. The van der Waals surface area contributed by atoms with E-state index in [1.165, 1.54) is 14.2 Å². The summed E-state index contributed by atoms with van der Waals surface area (Å²) in [4.78, 5) is 23.2. The van der Waals surface area contributed by atoms with E-state index in [9.17, 15) is 9.59 Å². The molecule has 128 valence electrons. The van der Waals surface area contributed by atoms with E-state index in [2.05, 4.69) is 15.4 Å². The summed E-state index contributed by atoms with van der Waals surface area (Å²) in [6.07, 6.45) is -0.570. The van der Waals surface area contributed by atoms with Crippen LogP contribution in [0.2, 0.25) is 0 Å². The Kier molecular flexibility index (Phi) is 6.24. The van der Waals surface area contributed by atoms with Crippen molar-refractivity contribution in [2.45, 2.75) is 39.3 Å². The van der Waals surface area contributed by atoms with Crippen LogP contribution < -0.4 is 15.4 Å². The highest BCUT2D eigenvalue weighted by atomic mass is 16.6. The fraction of sp³-hybridized carbons (Fsp3) is 0.500. The van der Waals surface area contributed by atoms with Gasteiger partial charge in [-0.15, -0.1) is 0 Å². The summed E-state index contributed by atoms with van der Waals surface area (Å²) in [5.41, 5.74) is 0.543. The van der Waals surface area contributed by atoms with Crippen LogP contribution in [0.15, 0.2) is 18.2 Å². The number of anilines is 2. The van der Waals surface area contributed by atoms with Crippen LogP contribution in [0.4, 0.5) is 16.2 Å². The van der Waals surface area contributed by atoms with Gasteiger partial charge in [-0.1, -0.05) is 0 Å². The highest BCUT2D eigenvalue weighted by Gasteiger charge is 2.18. The zero-order valence-electron chi connectivity index (χ0n) is 14.4. The van der Waals surface area contributed by atoms with E-state index in [0.29, 0.717) is 17.1 Å². The largest absolute Gasteiger partial charge is 0.494 e. The third kappa shape index (κ3) is 6.06. The van der Waals surface area contributed by atoms with E-state index < -0.39 is 17.7 Å². The average molecular weight is 324 g/mol. The van der Waals surface area contributed by atoms with Gasteiger partial charge in [0.2, 0.25) is 0 Å². The summed E-state index contributed by atoms with van der Waals surface area (Å²) in [6.45, 7) is 7.03. The van der Waals surface area contributed by atoms with Gasteiger partial charge < -0.3 is 19.5 Å². The lowest BCUT2D eigenvalue weighted by Crippen LogP contribution is -2.28. The molecule has 0 saturated heterocycles. The minimum Gasteiger partial charge on any atom is -0.494 e. The van der Waals surface area contributed by atoms with Gasteiger partial charge in [-0.25, -0.2) is 9.59 Å². The minimum atomic E-state index is -0.589. The monoisotopic (exact) mass is 324 g/mol. The van der Waals surface area contributed by atoms with Crippen LogP contribution in [0, 0.1) is 0 Å². The number of nitrogens with one attached hydrogen (secondary N) is 2. The first-order valence-electron chi connectivity index (χ1n) is 7.18. The molecule has 0 aliphatic rings. The number of benzene rings is 1. The van der Waals surface area contributed by atoms with E-state index in [1.54, 1.807) is 45.9 Å². The first-order chi connectivity index (χ1) is 10.7. The summed E-state index contributed by atoms with van der Waals surface area (Å²) >= 11 is 0. The Hall–Kier alpha value is -2.44. The maximum atomic E-state index is 11.8. The van der Waals surface area contributed by atoms with Crippen LogP contribution in [0.5, 0.6) is 5.75 Å². The van der Waals surface area contributed by atoms with Gasteiger partial charge >= 0.3 is 12.1 Å². The Labute approximate surface area is 136 Å². The molecule has 7 heteroatoms. The third-order valence-corrected chi connectivity index (χ3v) is 2.78. The Morgan fingerprint density at radius 2 is 1.83 bits per heavy atom. The fourth-order valence-corrected chi connectivity index (χ4v) is 1.78. The molecule has 0 spiro atoms. The van der Waals surface area contributed by atoms with Gasteiger partial charge in [0.1, 0.15) is 17.4 Å². The molecule has 7 nitrogen and oxygen atoms in total. The molecule has 0 aliphatic carbocycles. The van der Waals surface area contributed by atoms with Gasteiger partial charge in [-0.05, 0) is 39.8 Å². The van der Waals surface area contributed by atoms with Crippen molar-refractivity contribution < 1.29 is 23.8 Å². The van der Waals surface area contributed by atoms with Gasteiger partial charge in [0, 0.05) is 11.8 Å². The average Bonchev–Trinajstić information content (AvgIpc) is 2.45. The van der Waals surface area contributed by atoms with E-state index in [-0.39, 0.29) is 5.97 Å². The molecule has 0 saturated carbocycles.